The zero-order valence-corrected chi connectivity index (χ0v) is 16.8. The zero-order valence-electron chi connectivity index (χ0n) is 16.8. The Morgan fingerprint density at radius 2 is 1.57 bits per heavy atom. The molecule has 28 heavy (non-hydrogen) atoms. The van der Waals surface area contributed by atoms with E-state index in [1.54, 1.807) is 6.07 Å². The van der Waals surface area contributed by atoms with Crippen LogP contribution in [-0.4, -0.2) is 12.9 Å². The quantitative estimate of drug-likeness (QED) is 0.613. The van der Waals surface area contributed by atoms with Crippen LogP contribution in [0.3, 0.4) is 0 Å². The van der Waals surface area contributed by atoms with Crippen molar-refractivity contribution in [1.82, 2.24) is 0 Å². The van der Waals surface area contributed by atoms with Gasteiger partial charge in [-0.15, -0.1) is 0 Å². The molecule has 0 amide bonds. The Kier molecular flexibility index (Phi) is 8.75. The number of ether oxygens (including phenoxy) is 1. The highest BCUT2D eigenvalue weighted by Crippen LogP contribution is 2.30. The largest absolute Gasteiger partial charge is 0.487 e. The van der Waals surface area contributed by atoms with Crippen LogP contribution in [-0.2, 0) is 11.2 Å². The molecule has 0 heterocycles. The Labute approximate surface area is 168 Å². The van der Waals surface area contributed by atoms with E-state index in [0.717, 1.165) is 30.7 Å². The van der Waals surface area contributed by atoms with Gasteiger partial charge in [0.15, 0.2) is 11.6 Å². The van der Waals surface area contributed by atoms with Crippen molar-refractivity contribution in [2.45, 2.75) is 58.5 Å². The summed E-state index contributed by atoms with van der Waals surface area (Å²) in [5, 5.41) is 0. The Morgan fingerprint density at radius 3 is 2.14 bits per heavy atom. The normalized spacial score (nSPS) is 18.2. The smallest absolute Gasteiger partial charge is 0.166 e. The van der Waals surface area contributed by atoms with Crippen molar-refractivity contribution in [2.24, 2.45) is 5.92 Å². The first-order valence-corrected chi connectivity index (χ1v) is 10.0. The molecule has 0 spiro atoms. The number of carbonyl (C=O) groups excluding carboxylic acids is 1. The lowest BCUT2D eigenvalue weighted by Crippen LogP contribution is -2.24. The van der Waals surface area contributed by atoms with Crippen molar-refractivity contribution in [1.29, 1.82) is 0 Å². The topological polar surface area (TPSA) is 26.3 Å². The summed E-state index contributed by atoms with van der Waals surface area (Å²) in [5.74, 6) is 6.97. The summed E-state index contributed by atoms with van der Waals surface area (Å²) in [5.41, 5.74) is 2.90. The highest BCUT2D eigenvalue weighted by Gasteiger charge is 2.22. The van der Waals surface area contributed by atoms with E-state index in [-0.39, 0.29) is 11.9 Å². The number of benzene rings is 2. The van der Waals surface area contributed by atoms with Gasteiger partial charge in [-0.1, -0.05) is 44.2 Å². The van der Waals surface area contributed by atoms with E-state index < -0.39 is 0 Å². The first-order valence-electron chi connectivity index (χ1n) is 10.0. The molecule has 1 saturated carbocycles. The molecule has 0 unspecified atom stereocenters. The Balaban J connectivity index is 0.00000136. The van der Waals surface area contributed by atoms with Crippen molar-refractivity contribution in [3.05, 3.63) is 65.0 Å². The van der Waals surface area contributed by atoms with Crippen molar-refractivity contribution >= 4 is 6.79 Å². The predicted octanol–water partition coefficient (Wildman–Crippen LogP) is 5.95. The molecule has 0 saturated heterocycles. The molecule has 2 aromatic rings. The monoisotopic (exact) mass is 380 g/mol. The minimum atomic E-state index is -0.323. The number of hydrogen-bond donors (Lipinski definition) is 0. The van der Waals surface area contributed by atoms with Crippen molar-refractivity contribution in [2.75, 3.05) is 0 Å². The van der Waals surface area contributed by atoms with E-state index in [0.29, 0.717) is 11.3 Å². The fourth-order valence-electron chi connectivity index (χ4n) is 3.48. The number of carbonyl (C=O) groups is 1. The third-order valence-electron chi connectivity index (χ3n) is 5.31. The summed E-state index contributed by atoms with van der Waals surface area (Å²) >= 11 is 0. The molecule has 0 aliphatic heterocycles. The number of halogens is 1. The summed E-state index contributed by atoms with van der Waals surface area (Å²) in [7, 11) is 0. The van der Waals surface area contributed by atoms with Gasteiger partial charge in [0.2, 0.25) is 0 Å². The maximum absolute atomic E-state index is 14.4. The van der Waals surface area contributed by atoms with Gasteiger partial charge < -0.3 is 9.53 Å². The summed E-state index contributed by atoms with van der Waals surface area (Å²) in [4.78, 5) is 8.00. The fraction of sp³-hybridized carbons (Fsp3) is 0.400. The van der Waals surface area contributed by atoms with E-state index in [4.69, 9.17) is 9.53 Å². The Morgan fingerprint density at radius 1 is 0.964 bits per heavy atom. The van der Waals surface area contributed by atoms with E-state index in [9.17, 15) is 4.39 Å². The summed E-state index contributed by atoms with van der Waals surface area (Å²) in [6.45, 7) is 6.37. The maximum Gasteiger partial charge on any atom is 0.166 e. The Hall–Kier alpha value is -2.60. The van der Waals surface area contributed by atoms with Crippen LogP contribution in [0.1, 0.15) is 62.6 Å². The van der Waals surface area contributed by atoms with Gasteiger partial charge in [-0.2, -0.15) is 0 Å². The van der Waals surface area contributed by atoms with Gasteiger partial charge in [0.05, 0.1) is 6.10 Å². The van der Waals surface area contributed by atoms with Crippen LogP contribution in [0.5, 0.6) is 5.75 Å². The lowest BCUT2D eigenvalue weighted by molar-refractivity contribution is -0.0979. The van der Waals surface area contributed by atoms with E-state index >= 15 is 0 Å². The molecule has 0 N–H and O–H groups in total. The van der Waals surface area contributed by atoms with Crippen LogP contribution >= 0.6 is 0 Å². The minimum absolute atomic E-state index is 0.140. The molecule has 3 heteroatoms. The van der Waals surface area contributed by atoms with Gasteiger partial charge in [0.25, 0.3) is 0 Å². The molecular weight excluding hydrogens is 351 g/mol. The third-order valence-corrected chi connectivity index (χ3v) is 5.31. The highest BCUT2D eigenvalue weighted by atomic mass is 19.1. The van der Waals surface area contributed by atoms with Crippen LogP contribution in [0.2, 0.25) is 0 Å². The standard InChI is InChI=1S/C24H27FO.CH2O/c1-3-18-5-7-20(8-6-18)9-10-21-13-16-24(23(25)17-21)26-22-14-11-19(4-2)12-15-22;1-2/h5-8,13,16-17,19,22H,3-4,11-12,14-15H2,1-2H3;1H2. The van der Waals surface area contributed by atoms with Crippen molar-refractivity contribution in [3.63, 3.8) is 0 Å². The molecule has 3 rings (SSSR count). The number of rotatable bonds is 4. The molecule has 2 aromatic carbocycles. The first kappa shape index (κ1) is 21.7. The first-order chi connectivity index (χ1) is 13.7. The molecule has 0 aromatic heterocycles. The minimum Gasteiger partial charge on any atom is -0.487 e. The van der Waals surface area contributed by atoms with Gasteiger partial charge in [-0.25, -0.2) is 4.39 Å². The van der Waals surface area contributed by atoms with Crippen LogP contribution in [0.25, 0.3) is 0 Å². The number of hydrogen-bond acceptors (Lipinski definition) is 2. The second kappa shape index (κ2) is 11.3. The SMILES string of the molecule is C=O.CCc1ccc(C#Cc2ccc(OC3CCC(CC)CC3)c(F)c2)cc1. The highest BCUT2D eigenvalue weighted by molar-refractivity contribution is 5.45. The van der Waals surface area contributed by atoms with Gasteiger partial charge in [0, 0.05) is 11.1 Å². The van der Waals surface area contributed by atoms with Gasteiger partial charge in [0.1, 0.15) is 6.79 Å². The molecule has 0 radical (unpaired) electrons. The molecule has 0 bridgehead atoms. The van der Waals surface area contributed by atoms with E-state index in [2.05, 4.69) is 37.8 Å². The second-order valence-electron chi connectivity index (χ2n) is 7.11. The second-order valence-corrected chi connectivity index (χ2v) is 7.11. The summed E-state index contributed by atoms with van der Waals surface area (Å²) < 4.78 is 20.3. The average molecular weight is 381 g/mol. The fourth-order valence-corrected chi connectivity index (χ4v) is 3.48. The van der Waals surface area contributed by atoms with Crippen LogP contribution in [0.4, 0.5) is 4.39 Å². The molecule has 0 atom stereocenters. The van der Waals surface area contributed by atoms with Crippen LogP contribution in [0.15, 0.2) is 42.5 Å². The van der Waals surface area contributed by atoms with Gasteiger partial charge in [-0.05, 0) is 73.9 Å². The summed E-state index contributed by atoms with van der Waals surface area (Å²) in [6.07, 6.45) is 6.80. The van der Waals surface area contributed by atoms with Crippen molar-refractivity contribution < 1.29 is 13.9 Å². The average Bonchev–Trinajstić information content (AvgIpc) is 2.76. The number of aryl methyl sites for hydroxylation is 1. The van der Waals surface area contributed by atoms with Gasteiger partial charge in [-0.3, -0.25) is 0 Å². The third kappa shape index (κ3) is 6.23. The molecule has 1 aliphatic rings. The van der Waals surface area contributed by atoms with Gasteiger partial charge >= 0.3 is 0 Å². The predicted molar refractivity (Wildman–Crippen MR) is 112 cm³/mol. The lowest BCUT2D eigenvalue weighted by Gasteiger charge is -2.28. The van der Waals surface area contributed by atoms with E-state index in [1.165, 1.54) is 30.9 Å². The summed E-state index contributed by atoms with van der Waals surface area (Å²) in [6, 6.07) is 13.2. The zero-order chi connectivity index (χ0) is 20.4. The molecule has 2 nitrogen and oxygen atoms in total. The molecule has 1 fully saturated rings. The molecule has 1 aliphatic carbocycles. The van der Waals surface area contributed by atoms with Crippen LogP contribution < -0.4 is 4.74 Å². The maximum atomic E-state index is 14.4. The van der Waals surface area contributed by atoms with Crippen molar-refractivity contribution in [3.8, 4) is 17.6 Å². The molecular formula is C25H29FO2. The van der Waals surface area contributed by atoms with E-state index in [1.807, 2.05) is 25.0 Å². The lowest BCUT2D eigenvalue weighted by atomic mass is 9.86. The Bertz CT molecular complexity index is 794. The van der Waals surface area contributed by atoms with Crippen LogP contribution in [0, 0.1) is 23.6 Å². The molecule has 148 valence electrons.